The van der Waals surface area contributed by atoms with Crippen molar-refractivity contribution in [2.45, 2.75) is 46.5 Å². The monoisotopic (exact) mass is 233 g/mol. The van der Waals surface area contributed by atoms with Gasteiger partial charge >= 0.3 is 0 Å². The van der Waals surface area contributed by atoms with Crippen molar-refractivity contribution in [3.8, 4) is 0 Å². The zero-order valence-corrected chi connectivity index (χ0v) is 11.2. The Hall–Kier alpha value is -1.31. The van der Waals surface area contributed by atoms with E-state index < -0.39 is 0 Å². The highest BCUT2D eigenvalue weighted by molar-refractivity contribution is 5.93. The maximum Gasteiger partial charge on any atom is 0.226 e. The van der Waals surface area contributed by atoms with Gasteiger partial charge in [0, 0.05) is 18.7 Å². The van der Waals surface area contributed by atoms with Crippen LogP contribution in [0.4, 0.5) is 5.69 Å². The molecular weight excluding hydrogens is 210 g/mol. The van der Waals surface area contributed by atoms with Crippen LogP contribution in [0.15, 0.2) is 24.3 Å². The lowest BCUT2D eigenvalue weighted by Gasteiger charge is -2.21. The fourth-order valence-corrected chi connectivity index (χ4v) is 1.89. The third kappa shape index (κ3) is 4.22. The Morgan fingerprint density at radius 1 is 1.12 bits per heavy atom. The summed E-state index contributed by atoms with van der Waals surface area (Å²) in [5.41, 5.74) is 2.24. The second-order valence-electron chi connectivity index (χ2n) is 4.43. The Morgan fingerprint density at radius 2 is 1.76 bits per heavy atom. The van der Waals surface area contributed by atoms with Crippen LogP contribution in [0.5, 0.6) is 0 Å². The van der Waals surface area contributed by atoms with Crippen LogP contribution in [0.25, 0.3) is 0 Å². The number of amides is 1. The van der Waals surface area contributed by atoms with Crippen molar-refractivity contribution in [3.63, 3.8) is 0 Å². The van der Waals surface area contributed by atoms with Crippen LogP contribution in [0.3, 0.4) is 0 Å². The fourth-order valence-electron chi connectivity index (χ4n) is 1.89. The van der Waals surface area contributed by atoms with E-state index in [1.54, 1.807) is 0 Å². The van der Waals surface area contributed by atoms with Gasteiger partial charge in [-0.3, -0.25) is 4.79 Å². The van der Waals surface area contributed by atoms with Gasteiger partial charge in [0.15, 0.2) is 0 Å². The Bertz CT molecular complexity index is 342. The molecule has 0 atom stereocenters. The Labute approximate surface area is 105 Å². The minimum atomic E-state index is 0.241. The van der Waals surface area contributed by atoms with Crippen molar-refractivity contribution < 1.29 is 4.79 Å². The molecule has 0 spiro atoms. The lowest BCUT2D eigenvalue weighted by molar-refractivity contribution is -0.118. The molecule has 0 aliphatic rings. The number of benzene rings is 1. The first-order valence-corrected chi connectivity index (χ1v) is 6.56. The molecule has 2 heteroatoms. The second-order valence-corrected chi connectivity index (χ2v) is 4.43. The molecule has 1 aromatic carbocycles. The molecule has 0 aromatic heterocycles. The summed E-state index contributed by atoms with van der Waals surface area (Å²) in [6.45, 7) is 6.98. The van der Waals surface area contributed by atoms with E-state index in [0.717, 1.165) is 31.5 Å². The maximum atomic E-state index is 12.1. The van der Waals surface area contributed by atoms with Crippen molar-refractivity contribution in [2.75, 3.05) is 11.4 Å². The highest BCUT2D eigenvalue weighted by Gasteiger charge is 2.12. The lowest BCUT2D eigenvalue weighted by Crippen LogP contribution is -2.30. The smallest absolute Gasteiger partial charge is 0.226 e. The summed E-state index contributed by atoms with van der Waals surface area (Å²) in [5.74, 6) is 0.241. The predicted molar refractivity (Wildman–Crippen MR) is 73.3 cm³/mol. The van der Waals surface area contributed by atoms with Gasteiger partial charge in [-0.25, -0.2) is 0 Å². The normalized spacial score (nSPS) is 10.3. The van der Waals surface area contributed by atoms with E-state index in [1.807, 2.05) is 24.0 Å². The molecule has 0 aliphatic heterocycles. The average molecular weight is 233 g/mol. The first kappa shape index (κ1) is 13.8. The summed E-state index contributed by atoms with van der Waals surface area (Å²) < 4.78 is 0. The molecule has 94 valence electrons. The van der Waals surface area contributed by atoms with Gasteiger partial charge in [0.05, 0.1) is 0 Å². The highest BCUT2D eigenvalue weighted by Crippen LogP contribution is 2.16. The summed E-state index contributed by atoms with van der Waals surface area (Å²) in [6.07, 6.45) is 3.95. The predicted octanol–water partition coefficient (Wildman–Crippen LogP) is 3.93. The molecule has 2 nitrogen and oxygen atoms in total. The van der Waals surface area contributed by atoms with Crippen LogP contribution in [-0.2, 0) is 4.79 Å². The number of nitrogens with zero attached hydrogens (tertiary/aromatic N) is 1. The molecular formula is C15H23NO. The summed E-state index contributed by atoms with van der Waals surface area (Å²) in [4.78, 5) is 13.9. The SMILES string of the molecule is CCCCCC(=O)N(CC)c1ccc(C)cc1. The van der Waals surface area contributed by atoms with Gasteiger partial charge in [0.2, 0.25) is 5.91 Å². The molecule has 0 saturated carbocycles. The number of unbranched alkanes of at least 4 members (excludes halogenated alkanes) is 2. The van der Waals surface area contributed by atoms with Crippen LogP contribution in [-0.4, -0.2) is 12.5 Å². The van der Waals surface area contributed by atoms with Gasteiger partial charge in [-0.15, -0.1) is 0 Å². The minimum Gasteiger partial charge on any atom is -0.313 e. The Balaban J connectivity index is 2.64. The van der Waals surface area contributed by atoms with E-state index in [1.165, 1.54) is 5.56 Å². The van der Waals surface area contributed by atoms with E-state index >= 15 is 0 Å². The third-order valence-electron chi connectivity index (χ3n) is 2.96. The van der Waals surface area contributed by atoms with Gasteiger partial charge in [-0.05, 0) is 32.4 Å². The molecule has 0 aliphatic carbocycles. The number of hydrogen-bond donors (Lipinski definition) is 0. The van der Waals surface area contributed by atoms with Crippen LogP contribution >= 0.6 is 0 Å². The standard InChI is InChI=1S/C15H23NO/c1-4-6-7-8-15(17)16(5-2)14-11-9-13(3)10-12-14/h9-12H,4-8H2,1-3H3. The molecule has 0 unspecified atom stereocenters. The molecule has 1 amide bonds. The van der Waals surface area contributed by atoms with Crippen molar-refractivity contribution >= 4 is 11.6 Å². The molecule has 0 N–H and O–H groups in total. The maximum absolute atomic E-state index is 12.1. The topological polar surface area (TPSA) is 20.3 Å². The van der Waals surface area contributed by atoms with Crippen molar-refractivity contribution in [2.24, 2.45) is 0 Å². The summed E-state index contributed by atoms with van der Waals surface area (Å²) in [5, 5.41) is 0. The van der Waals surface area contributed by atoms with E-state index in [0.29, 0.717) is 6.42 Å². The molecule has 1 aromatic rings. The van der Waals surface area contributed by atoms with Crippen LogP contribution < -0.4 is 4.90 Å². The molecule has 0 fully saturated rings. The van der Waals surface area contributed by atoms with Crippen molar-refractivity contribution in [1.29, 1.82) is 0 Å². The molecule has 1 rings (SSSR count). The number of rotatable bonds is 6. The summed E-state index contributed by atoms with van der Waals surface area (Å²) >= 11 is 0. The molecule has 0 radical (unpaired) electrons. The Morgan fingerprint density at radius 3 is 2.29 bits per heavy atom. The van der Waals surface area contributed by atoms with Crippen LogP contribution in [0.1, 0.15) is 45.1 Å². The quantitative estimate of drug-likeness (QED) is 0.682. The molecule has 0 heterocycles. The zero-order valence-electron chi connectivity index (χ0n) is 11.2. The summed E-state index contributed by atoms with van der Waals surface area (Å²) in [6, 6.07) is 8.15. The van der Waals surface area contributed by atoms with Gasteiger partial charge in [0.1, 0.15) is 0 Å². The molecule has 0 saturated heterocycles. The lowest BCUT2D eigenvalue weighted by atomic mass is 10.1. The van der Waals surface area contributed by atoms with Crippen molar-refractivity contribution in [3.05, 3.63) is 29.8 Å². The van der Waals surface area contributed by atoms with Gasteiger partial charge in [-0.2, -0.15) is 0 Å². The van der Waals surface area contributed by atoms with Crippen molar-refractivity contribution in [1.82, 2.24) is 0 Å². The number of carbonyl (C=O) groups is 1. The number of aryl methyl sites for hydroxylation is 1. The molecule has 0 bridgehead atoms. The van der Waals surface area contributed by atoms with E-state index in [9.17, 15) is 4.79 Å². The fraction of sp³-hybridized carbons (Fsp3) is 0.533. The van der Waals surface area contributed by atoms with E-state index in [-0.39, 0.29) is 5.91 Å². The average Bonchev–Trinajstić information content (AvgIpc) is 2.33. The van der Waals surface area contributed by atoms with Crippen LogP contribution in [0.2, 0.25) is 0 Å². The minimum absolute atomic E-state index is 0.241. The first-order chi connectivity index (χ1) is 8.19. The number of carbonyl (C=O) groups excluding carboxylic acids is 1. The van der Waals surface area contributed by atoms with E-state index in [4.69, 9.17) is 0 Å². The number of anilines is 1. The third-order valence-corrected chi connectivity index (χ3v) is 2.96. The second kappa shape index (κ2) is 7.10. The largest absolute Gasteiger partial charge is 0.313 e. The van der Waals surface area contributed by atoms with Gasteiger partial charge < -0.3 is 4.90 Å². The van der Waals surface area contributed by atoms with E-state index in [2.05, 4.69) is 26.0 Å². The van der Waals surface area contributed by atoms with Gasteiger partial charge in [-0.1, -0.05) is 37.5 Å². The van der Waals surface area contributed by atoms with Gasteiger partial charge in [0.25, 0.3) is 0 Å². The Kier molecular flexibility index (Phi) is 5.75. The highest BCUT2D eigenvalue weighted by atomic mass is 16.2. The number of hydrogen-bond acceptors (Lipinski definition) is 1. The first-order valence-electron chi connectivity index (χ1n) is 6.56. The zero-order chi connectivity index (χ0) is 12.7. The summed E-state index contributed by atoms with van der Waals surface area (Å²) in [7, 11) is 0. The van der Waals surface area contributed by atoms with Crippen LogP contribution in [0, 0.1) is 6.92 Å². The molecule has 17 heavy (non-hydrogen) atoms.